The standard InChI is InChI=1S/C15H14ClN3O/c1-19-14(9-20-11-5-2-4-10(17)8-11)18-13-7-3-6-12(16)15(13)19/h2-8H,9,17H2,1H3. The molecule has 0 amide bonds. The zero-order chi connectivity index (χ0) is 14.1. The van der Waals surface area contributed by atoms with E-state index in [4.69, 9.17) is 22.1 Å². The molecule has 3 rings (SSSR count). The first-order valence-corrected chi connectivity index (χ1v) is 6.61. The SMILES string of the molecule is Cn1c(COc2cccc(N)c2)nc2cccc(Cl)c21. The number of nitrogen functional groups attached to an aromatic ring is 1. The Morgan fingerprint density at radius 1 is 1.25 bits per heavy atom. The maximum atomic E-state index is 6.20. The van der Waals surface area contributed by atoms with Gasteiger partial charge in [0.15, 0.2) is 0 Å². The molecular weight excluding hydrogens is 274 g/mol. The van der Waals surface area contributed by atoms with Gasteiger partial charge < -0.3 is 15.0 Å². The minimum atomic E-state index is 0.366. The van der Waals surface area contributed by atoms with Crippen molar-refractivity contribution in [1.29, 1.82) is 0 Å². The van der Waals surface area contributed by atoms with Gasteiger partial charge in [-0.05, 0) is 24.3 Å². The van der Waals surface area contributed by atoms with Crippen LogP contribution in [0.15, 0.2) is 42.5 Å². The average Bonchev–Trinajstić information content (AvgIpc) is 2.75. The molecule has 2 aromatic carbocycles. The summed E-state index contributed by atoms with van der Waals surface area (Å²) in [6, 6.07) is 13.0. The van der Waals surface area contributed by atoms with Crippen molar-refractivity contribution in [3.63, 3.8) is 0 Å². The lowest BCUT2D eigenvalue weighted by molar-refractivity contribution is 0.292. The second-order valence-electron chi connectivity index (χ2n) is 4.56. The molecule has 1 aromatic heterocycles. The van der Waals surface area contributed by atoms with E-state index in [1.807, 2.05) is 48.0 Å². The minimum absolute atomic E-state index is 0.366. The Balaban J connectivity index is 1.88. The van der Waals surface area contributed by atoms with Crippen LogP contribution in [0.4, 0.5) is 5.69 Å². The van der Waals surface area contributed by atoms with Gasteiger partial charge in [0, 0.05) is 18.8 Å². The van der Waals surface area contributed by atoms with Gasteiger partial charge in [0.1, 0.15) is 18.2 Å². The van der Waals surface area contributed by atoms with Crippen LogP contribution >= 0.6 is 11.6 Å². The molecule has 5 heteroatoms. The van der Waals surface area contributed by atoms with Gasteiger partial charge in [-0.3, -0.25) is 0 Å². The number of ether oxygens (including phenoxy) is 1. The third-order valence-electron chi connectivity index (χ3n) is 3.16. The van der Waals surface area contributed by atoms with Crippen molar-refractivity contribution in [2.45, 2.75) is 6.61 Å². The van der Waals surface area contributed by atoms with Crippen molar-refractivity contribution < 1.29 is 4.74 Å². The highest BCUT2D eigenvalue weighted by molar-refractivity contribution is 6.35. The van der Waals surface area contributed by atoms with Crippen LogP contribution < -0.4 is 10.5 Å². The van der Waals surface area contributed by atoms with E-state index in [0.717, 1.165) is 22.6 Å². The number of anilines is 1. The number of para-hydroxylation sites is 1. The van der Waals surface area contributed by atoms with Crippen molar-refractivity contribution in [2.24, 2.45) is 7.05 Å². The Labute approximate surface area is 121 Å². The van der Waals surface area contributed by atoms with Crippen molar-refractivity contribution in [1.82, 2.24) is 9.55 Å². The molecule has 1 heterocycles. The monoisotopic (exact) mass is 287 g/mol. The number of aromatic nitrogens is 2. The summed E-state index contributed by atoms with van der Waals surface area (Å²) in [5.74, 6) is 1.54. The third-order valence-corrected chi connectivity index (χ3v) is 3.47. The predicted octanol–water partition coefficient (Wildman–Crippen LogP) is 3.39. The molecule has 0 aliphatic heterocycles. The first-order valence-electron chi connectivity index (χ1n) is 6.23. The molecule has 0 unspecified atom stereocenters. The Hall–Kier alpha value is -2.20. The van der Waals surface area contributed by atoms with Crippen LogP contribution in [-0.2, 0) is 13.7 Å². The number of imidazole rings is 1. The molecule has 0 bridgehead atoms. The van der Waals surface area contributed by atoms with E-state index in [-0.39, 0.29) is 0 Å². The van der Waals surface area contributed by atoms with Gasteiger partial charge in [-0.2, -0.15) is 0 Å². The molecule has 0 radical (unpaired) electrons. The highest BCUT2D eigenvalue weighted by atomic mass is 35.5. The van der Waals surface area contributed by atoms with Crippen LogP contribution in [0.3, 0.4) is 0 Å². The summed E-state index contributed by atoms with van der Waals surface area (Å²) in [7, 11) is 1.93. The fraction of sp³-hybridized carbons (Fsp3) is 0.133. The topological polar surface area (TPSA) is 53.1 Å². The fourth-order valence-corrected chi connectivity index (χ4v) is 2.45. The smallest absolute Gasteiger partial charge is 0.147 e. The summed E-state index contributed by atoms with van der Waals surface area (Å²) >= 11 is 6.20. The lowest BCUT2D eigenvalue weighted by Gasteiger charge is -2.07. The lowest BCUT2D eigenvalue weighted by atomic mass is 10.3. The fourth-order valence-electron chi connectivity index (χ4n) is 2.15. The van der Waals surface area contributed by atoms with Crippen molar-refractivity contribution in [3.8, 4) is 5.75 Å². The molecule has 0 aliphatic rings. The molecule has 0 atom stereocenters. The first kappa shape index (κ1) is 12.8. The summed E-state index contributed by atoms with van der Waals surface area (Å²) in [4.78, 5) is 4.53. The van der Waals surface area contributed by atoms with Gasteiger partial charge in [-0.25, -0.2) is 4.98 Å². The molecule has 4 nitrogen and oxygen atoms in total. The Bertz CT molecular complexity index is 767. The van der Waals surface area contributed by atoms with E-state index in [1.54, 1.807) is 6.07 Å². The first-order chi connectivity index (χ1) is 9.65. The van der Waals surface area contributed by atoms with Crippen LogP contribution in [0, 0.1) is 0 Å². The predicted molar refractivity (Wildman–Crippen MR) is 80.9 cm³/mol. The van der Waals surface area contributed by atoms with E-state index in [1.165, 1.54) is 0 Å². The average molecular weight is 288 g/mol. The van der Waals surface area contributed by atoms with Gasteiger partial charge in [-0.15, -0.1) is 0 Å². The number of hydrogen-bond acceptors (Lipinski definition) is 3. The minimum Gasteiger partial charge on any atom is -0.486 e. The molecule has 3 aromatic rings. The summed E-state index contributed by atoms with van der Waals surface area (Å²) in [5.41, 5.74) is 8.18. The molecule has 0 saturated carbocycles. The second-order valence-corrected chi connectivity index (χ2v) is 4.96. The summed E-state index contributed by atoms with van der Waals surface area (Å²) < 4.78 is 7.67. The number of aryl methyl sites for hydroxylation is 1. The molecular formula is C15H14ClN3O. The molecule has 0 aliphatic carbocycles. The Morgan fingerprint density at radius 2 is 2.05 bits per heavy atom. The number of hydrogen-bond donors (Lipinski definition) is 1. The van der Waals surface area contributed by atoms with E-state index < -0.39 is 0 Å². The van der Waals surface area contributed by atoms with Gasteiger partial charge in [0.25, 0.3) is 0 Å². The summed E-state index contributed by atoms with van der Waals surface area (Å²) in [5, 5.41) is 0.688. The highest BCUT2D eigenvalue weighted by Crippen LogP contribution is 2.24. The Kier molecular flexibility index (Phi) is 3.24. The van der Waals surface area contributed by atoms with Crippen LogP contribution in [-0.4, -0.2) is 9.55 Å². The van der Waals surface area contributed by atoms with Crippen LogP contribution in [0.1, 0.15) is 5.82 Å². The summed E-state index contributed by atoms with van der Waals surface area (Å²) in [6.07, 6.45) is 0. The van der Waals surface area contributed by atoms with Crippen LogP contribution in [0.5, 0.6) is 5.75 Å². The Morgan fingerprint density at radius 3 is 2.80 bits per heavy atom. The molecule has 102 valence electrons. The number of nitrogens with zero attached hydrogens (tertiary/aromatic N) is 2. The van der Waals surface area contributed by atoms with Gasteiger partial charge in [0.05, 0.1) is 16.1 Å². The maximum Gasteiger partial charge on any atom is 0.147 e. The number of rotatable bonds is 3. The van der Waals surface area contributed by atoms with Crippen LogP contribution in [0.25, 0.3) is 11.0 Å². The number of halogens is 1. The van der Waals surface area contributed by atoms with E-state index in [0.29, 0.717) is 17.3 Å². The largest absolute Gasteiger partial charge is 0.486 e. The van der Waals surface area contributed by atoms with Crippen molar-refractivity contribution >= 4 is 28.3 Å². The number of fused-ring (bicyclic) bond motifs is 1. The summed E-state index contributed by atoms with van der Waals surface area (Å²) in [6.45, 7) is 0.366. The number of nitrogens with two attached hydrogens (primary N) is 1. The van der Waals surface area contributed by atoms with E-state index >= 15 is 0 Å². The normalized spacial score (nSPS) is 10.9. The molecule has 0 saturated heterocycles. The lowest BCUT2D eigenvalue weighted by Crippen LogP contribution is -2.03. The molecule has 20 heavy (non-hydrogen) atoms. The zero-order valence-corrected chi connectivity index (χ0v) is 11.8. The highest BCUT2D eigenvalue weighted by Gasteiger charge is 2.10. The quantitative estimate of drug-likeness (QED) is 0.751. The zero-order valence-electron chi connectivity index (χ0n) is 11.0. The van der Waals surface area contributed by atoms with Gasteiger partial charge in [-0.1, -0.05) is 23.7 Å². The van der Waals surface area contributed by atoms with Crippen molar-refractivity contribution in [2.75, 3.05) is 5.73 Å². The van der Waals surface area contributed by atoms with Crippen molar-refractivity contribution in [3.05, 3.63) is 53.3 Å². The second kappa shape index (κ2) is 5.06. The molecule has 0 fully saturated rings. The van der Waals surface area contributed by atoms with Gasteiger partial charge >= 0.3 is 0 Å². The van der Waals surface area contributed by atoms with Crippen LogP contribution in [0.2, 0.25) is 5.02 Å². The van der Waals surface area contributed by atoms with E-state index in [9.17, 15) is 0 Å². The maximum absolute atomic E-state index is 6.20. The number of benzene rings is 2. The molecule has 2 N–H and O–H groups in total. The van der Waals surface area contributed by atoms with Gasteiger partial charge in [0.2, 0.25) is 0 Å². The van der Waals surface area contributed by atoms with E-state index in [2.05, 4.69) is 4.98 Å². The third kappa shape index (κ3) is 2.30. The molecule has 0 spiro atoms.